The van der Waals surface area contributed by atoms with Gasteiger partial charge >= 0.3 is 5.97 Å². The highest BCUT2D eigenvalue weighted by atomic mass is 79.9. The van der Waals surface area contributed by atoms with Crippen LogP contribution in [0.25, 0.3) is 0 Å². The number of hydrogen-bond acceptors (Lipinski definition) is 2. The number of hydrogen-bond donors (Lipinski definition) is 1. The van der Waals surface area contributed by atoms with E-state index in [0.717, 1.165) is 16.5 Å². The molecule has 2 rings (SSSR count). The number of aliphatic carboxylic acids is 1. The highest BCUT2D eigenvalue weighted by Gasteiger charge is 2.24. The zero-order valence-corrected chi connectivity index (χ0v) is 9.66. The molecule has 80 valence electrons. The SMILES string of the molecule is O=C(O)CC1OCCc2c(Br)cccc21. The summed E-state index contributed by atoms with van der Waals surface area (Å²) < 4.78 is 6.51. The van der Waals surface area contributed by atoms with Crippen LogP contribution in [0.2, 0.25) is 0 Å². The van der Waals surface area contributed by atoms with Crippen molar-refractivity contribution in [2.75, 3.05) is 6.61 Å². The van der Waals surface area contributed by atoms with Crippen LogP contribution >= 0.6 is 15.9 Å². The first-order chi connectivity index (χ1) is 7.18. The fourth-order valence-corrected chi connectivity index (χ4v) is 2.44. The molecule has 1 heterocycles. The number of rotatable bonds is 2. The van der Waals surface area contributed by atoms with E-state index in [4.69, 9.17) is 9.84 Å². The molecule has 4 heteroatoms. The van der Waals surface area contributed by atoms with E-state index in [1.54, 1.807) is 0 Å². The lowest BCUT2D eigenvalue weighted by molar-refractivity contribution is -0.140. The van der Waals surface area contributed by atoms with E-state index in [0.29, 0.717) is 6.61 Å². The van der Waals surface area contributed by atoms with E-state index in [-0.39, 0.29) is 12.5 Å². The number of halogens is 1. The normalized spacial score (nSPS) is 19.7. The van der Waals surface area contributed by atoms with Crippen molar-refractivity contribution >= 4 is 21.9 Å². The van der Waals surface area contributed by atoms with Crippen LogP contribution < -0.4 is 0 Å². The Labute approximate surface area is 96.2 Å². The van der Waals surface area contributed by atoms with E-state index in [1.165, 1.54) is 5.56 Å². The van der Waals surface area contributed by atoms with Gasteiger partial charge in [0.05, 0.1) is 19.1 Å². The molecular weight excluding hydrogens is 260 g/mol. The Kier molecular flexibility index (Phi) is 3.07. The van der Waals surface area contributed by atoms with E-state index in [2.05, 4.69) is 15.9 Å². The van der Waals surface area contributed by atoms with Crippen molar-refractivity contribution in [1.29, 1.82) is 0 Å². The molecule has 0 amide bonds. The summed E-state index contributed by atoms with van der Waals surface area (Å²) in [4.78, 5) is 10.7. The summed E-state index contributed by atoms with van der Waals surface area (Å²) in [6.45, 7) is 0.591. The lowest BCUT2D eigenvalue weighted by Gasteiger charge is -2.25. The van der Waals surface area contributed by atoms with Crippen LogP contribution in [-0.4, -0.2) is 17.7 Å². The highest BCUT2D eigenvalue weighted by molar-refractivity contribution is 9.10. The highest BCUT2D eigenvalue weighted by Crippen LogP contribution is 2.33. The monoisotopic (exact) mass is 270 g/mol. The molecule has 1 N–H and O–H groups in total. The number of carbonyl (C=O) groups is 1. The van der Waals surface area contributed by atoms with Gasteiger partial charge in [0.2, 0.25) is 0 Å². The van der Waals surface area contributed by atoms with Gasteiger partial charge in [0.1, 0.15) is 0 Å². The van der Waals surface area contributed by atoms with Crippen molar-refractivity contribution in [2.24, 2.45) is 0 Å². The number of fused-ring (bicyclic) bond motifs is 1. The summed E-state index contributed by atoms with van der Waals surface area (Å²) in [5.41, 5.74) is 2.17. The van der Waals surface area contributed by atoms with Crippen molar-refractivity contribution in [2.45, 2.75) is 18.9 Å². The van der Waals surface area contributed by atoms with E-state index in [9.17, 15) is 4.79 Å². The largest absolute Gasteiger partial charge is 0.481 e. The first kappa shape index (κ1) is 10.6. The minimum atomic E-state index is -0.826. The topological polar surface area (TPSA) is 46.5 Å². The van der Waals surface area contributed by atoms with E-state index < -0.39 is 5.97 Å². The smallest absolute Gasteiger partial charge is 0.306 e. The third-order valence-electron chi connectivity index (χ3n) is 2.53. The van der Waals surface area contributed by atoms with Gasteiger partial charge in [0, 0.05) is 4.47 Å². The van der Waals surface area contributed by atoms with Crippen LogP contribution in [0.15, 0.2) is 22.7 Å². The molecule has 0 saturated heterocycles. The van der Waals surface area contributed by atoms with Crippen molar-refractivity contribution in [1.82, 2.24) is 0 Å². The maximum Gasteiger partial charge on any atom is 0.306 e. The zero-order chi connectivity index (χ0) is 10.8. The predicted octanol–water partition coefficient (Wildman–Crippen LogP) is 2.54. The first-order valence-electron chi connectivity index (χ1n) is 4.79. The van der Waals surface area contributed by atoms with E-state index in [1.807, 2.05) is 18.2 Å². The van der Waals surface area contributed by atoms with Crippen LogP contribution in [-0.2, 0) is 16.0 Å². The summed E-state index contributed by atoms with van der Waals surface area (Å²) in [5, 5.41) is 8.77. The van der Waals surface area contributed by atoms with Crippen LogP contribution in [0.3, 0.4) is 0 Å². The van der Waals surface area contributed by atoms with Gasteiger partial charge in [-0.3, -0.25) is 4.79 Å². The summed E-state index contributed by atoms with van der Waals surface area (Å²) >= 11 is 3.47. The molecule has 0 bridgehead atoms. The van der Waals surface area contributed by atoms with Crippen molar-refractivity contribution in [3.63, 3.8) is 0 Å². The van der Waals surface area contributed by atoms with Gasteiger partial charge in [-0.25, -0.2) is 0 Å². The van der Waals surface area contributed by atoms with Gasteiger partial charge in [0.15, 0.2) is 0 Å². The molecule has 0 saturated carbocycles. The van der Waals surface area contributed by atoms with Gasteiger partial charge in [-0.2, -0.15) is 0 Å². The molecule has 0 radical (unpaired) electrons. The van der Waals surface area contributed by atoms with Crippen molar-refractivity contribution < 1.29 is 14.6 Å². The minimum absolute atomic E-state index is 0.0312. The molecule has 1 aliphatic heterocycles. The maximum absolute atomic E-state index is 10.7. The molecule has 0 aliphatic carbocycles. The molecule has 0 aromatic heterocycles. The Hall–Kier alpha value is -0.870. The van der Waals surface area contributed by atoms with Gasteiger partial charge in [0.25, 0.3) is 0 Å². The second-order valence-electron chi connectivity index (χ2n) is 3.51. The standard InChI is InChI=1S/C11H11BrO3/c12-9-3-1-2-8-7(9)4-5-15-10(8)6-11(13)14/h1-3,10H,4-6H2,(H,13,14). The number of ether oxygens (including phenoxy) is 1. The average Bonchev–Trinajstić information content (AvgIpc) is 2.19. The summed E-state index contributed by atoms with van der Waals surface area (Å²) in [5.74, 6) is -0.826. The minimum Gasteiger partial charge on any atom is -0.481 e. The van der Waals surface area contributed by atoms with Gasteiger partial charge in [-0.15, -0.1) is 0 Å². The molecule has 0 fully saturated rings. The Morgan fingerprint density at radius 2 is 2.40 bits per heavy atom. The zero-order valence-electron chi connectivity index (χ0n) is 8.07. The van der Waals surface area contributed by atoms with Gasteiger partial charge in [-0.1, -0.05) is 28.1 Å². The van der Waals surface area contributed by atoms with Gasteiger partial charge in [-0.05, 0) is 23.6 Å². The second-order valence-corrected chi connectivity index (χ2v) is 4.37. The maximum atomic E-state index is 10.7. The molecular formula is C11H11BrO3. The molecule has 1 atom stereocenters. The third-order valence-corrected chi connectivity index (χ3v) is 3.28. The van der Waals surface area contributed by atoms with Crippen LogP contribution in [0.5, 0.6) is 0 Å². The van der Waals surface area contributed by atoms with Crippen molar-refractivity contribution in [3.05, 3.63) is 33.8 Å². The third kappa shape index (κ3) is 2.21. The molecule has 1 aromatic carbocycles. The summed E-state index contributed by atoms with van der Waals surface area (Å²) in [7, 11) is 0. The number of benzene rings is 1. The van der Waals surface area contributed by atoms with Crippen LogP contribution in [0.1, 0.15) is 23.7 Å². The molecule has 1 aromatic rings. The lowest BCUT2D eigenvalue weighted by Crippen LogP contribution is -2.19. The fraction of sp³-hybridized carbons (Fsp3) is 0.364. The average molecular weight is 271 g/mol. The quantitative estimate of drug-likeness (QED) is 0.899. The first-order valence-corrected chi connectivity index (χ1v) is 5.58. The number of carboxylic acids is 1. The molecule has 1 unspecified atom stereocenters. The Morgan fingerprint density at radius 3 is 3.13 bits per heavy atom. The molecule has 3 nitrogen and oxygen atoms in total. The Balaban J connectivity index is 2.34. The van der Waals surface area contributed by atoms with Gasteiger partial charge < -0.3 is 9.84 Å². The van der Waals surface area contributed by atoms with Crippen LogP contribution in [0.4, 0.5) is 0 Å². The fourth-order valence-electron chi connectivity index (χ4n) is 1.86. The Bertz CT molecular complexity index is 389. The van der Waals surface area contributed by atoms with Crippen molar-refractivity contribution in [3.8, 4) is 0 Å². The summed E-state index contributed by atoms with van der Waals surface area (Å²) in [6, 6.07) is 5.82. The van der Waals surface area contributed by atoms with E-state index >= 15 is 0 Å². The second kappa shape index (κ2) is 4.33. The Morgan fingerprint density at radius 1 is 1.60 bits per heavy atom. The summed E-state index contributed by atoms with van der Waals surface area (Å²) in [6.07, 6.45) is 0.569. The molecule has 15 heavy (non-hydrogen) atoms. The molecule has 1 aliphatic rings. The van der Waals surface area contributed by atoms with Crippen LogP contribution in [0, 0.1) is 0 Å². The number of carboxylic acid groups (broad SMARTS) is 1. The molecule has 0 spiro atoms. The predicted molar refractivity (Wildman–Crippen MR) is 58.8 cm³/mol. The lowest BCUT2D eigenvalue weighted by atomic mass is 9.96.